The number of carbonyl (C=O) groups excluding carboxylic acids is 1. The Morgan fingerprint density at radius 1 is 1.03 bits per heavy atom. The highest BCUT2D eigenvalue weighted by Gasteiger charge is 2.25. The van der Waals surface area contributed by atoms with Crippen LogP contribution in [0.1, 0.15) is 58.8 Å². The second kappa shape index (κ2) is 9.85. The molecule has 1 aromatic heterocycles. The predicted octanol–water partition coefficient (Wildman–Crippen LogP) is 3.58. The molecule has 0 saturated heterocycles. The quantitative estimate of drug-likeness (QED) is 0.460. The average molecular weight is 451 g/mol. The number of hydrogen-bond acceptors (Lipinski definition) is 4. The first kappa shape index (κ1) is 22.5. The lowest BCUT2D eigenvalue weighted by Gasteiger charge is -2.29. The van der Waals surface area contributed by atoms with Gasteiger partial charge in [0.25, 0.3) is 11.5 Å². The number of nitrogens with one attached hydrogen (secondary N) is 4. The SMILES string of the molecule is Cc1cc(F)cc(CNc2c(C(=O)NC3CCC(c4ccccc4)CC3)[nH]c(=O)[nH]c2=O)c1. The van der Waals surface area contributed by atoms with E-state index in [1.807, 2.05) is 18.2 Å². The molecule has 7 nitrogen and oxygen atoms in total. The van der Waals surface area contributed by atoms with Gasteiger partial charge in [-0.25, -0.2) is 9.18 Å². The van der Waals surface area contributed by atoms with E-state index < -0.39 is 17.2 Å². The van der Waals surface area contributed by atoms with Crippen molar-refractivity contribution in [3.05, 3.63) is 97.6 Å². The van der Waals surface area contributed by atoms with E-state index in [2.05, 4.69) is 32.7 Å². The van der Waals surface area contributed by atoms with Crippen molar-refractivity contribution in [2.24, 2.45) is 0 Å². The first-order valence-electron chi connectivity index (χ1n) is 11.1. The van der Waals surface area contributed by atoms with Gasteiger partial charge in [0.05, 0.1) is 0 Å². The van der Waals surface area contributed by atoms with E-state index in [-0.39, 0.29) is 29.8 Å². The van der Waals surface area contributed by atoms with E-state index in [0.717, 1.165) is 31.2 Å². The first-order valence-corrected chi connectivity index (χ1v) is 11.1. The summed E-state index contributed by atoms with van der Waals surface area (Å²) in [6.45, 7) is 1.89. The summed E-state index contributed by atoms with van der Waals surface area (Å²) in [5.74, 6) is -0.434. The Morgan fingerprint density at radius 3 is 2.45 bits per heavy atom. The van der Waals surface area contributed by atoms with Gasteiger partial charge in [-0.05, 0) is 67.3 Å². The second-order valence-electron chi connectivity index (χ2n) is 8.58. The van der Waals surface area contributed by atoms with Gasteiger partial charge in [-0.3, -0.25) is 14.6 Å². The average Bonchev–Trinajstić information content (AvgIpc) is 2.78. The van der Waals surface area contributed by atoms with Gasteiger partial charge in [0.15, 0.2) is 0 Å². The van der Waals surface area contributed by atoms with Crippen LogP contribution in [0.15, 0.2) is 58.1 Å². The van der Waals surface area contributed by atoms with Crippen LogP contribution in [0, 0.1) is 12.7 Å². The third kappa shape index (κ3) is 5.58. The molecule has 1 fully saturated rings. The van der Waals surface area contributed by atoms with E-state index in [1.54, 1.807) is 13.0 Å². The van der Waals surface area contributed by atoms with Crippen molar-refractivity contribution < 1.29 is 9.18 Å². The normalized spacial score (nSPS) is 18.0. The van der Waals surface area contributed by atoms with E-state index in [0.29, 0.717) is 11.5 Å². The maximum Gasteiger partial charge on any atom is 0.326 e. The number of benzene rings is 2. The molecule has 1 aliphatic rings. The third-order valence-electron chi connectivity index (χ3n) is 6.07. The van der Waals surface area contributed by atoms with Crippen molar-refractivity contribution in [1.29, 1.82) is 0 Å². The Kier molecular flexibility index (Phi) is 6.72. The van der Waals surface area contributed by atoms with Crippen LogP contribution in [0.25, 0.3) is 0 Å². The molecular formula is C25H27FN4O3. The number of aromatic nitrogens is 2. The molecular weight excluding hydrogens is 423 g/mol. The molecule has 1 saturated carbocycles. The van der Waals surface area contributed by atoms with Crippen molar-refractivity contribution in [2.45, 2.75) is 51.1 Å². The standard InChI is InChI=1S/C25H27FN4O3/c1-15-11-16(13-19(26)12-15)14-27-21-22(29-25(33)30-23(21)31)24(32)28-20-9-7-18(8-10-20)17-5-3-2-4-6-17/h2-6,11-13,18,20,27H,7-10,14H2,1H3,(H,28,32)(H2,29,30,31,33). The van der Waals surface area contributed by atoms with Crippen molar-refractivity contribution in [3.8, 4) is 0 Å². The number of hydrogen-bond donors (Lipinski definition) is 4. The molecule has 4 rings (SSSR count). The summed E-state index contributed by atoms with van der Waals surface area (Å²) in [7, 11) is 0. The number of H-pyrrole nitrogens is 2. The maximum absolute atomic E-state index is 13.7. The number of anilines is 1. The Balaban J connectivity index is 1.45. The van der Waals surface area contributed by atoms with Crippen LogP contribution in [-0.2, 0) is 6.54 Å². The summed E-state index contributed by atoms with van der Waals surface area (Å²) in [5, 5.41) is 5.84. The highest BCUT2D eigenvalue weighted by Crippen LogP contribution is 2.32. The summed E-state index contributed by atoms with van der Waals surface area (Å²) in [5.41, 5.74) is 1.03. The van der Waals surface area contributed by atoms with Gasteiger partial charge in [0.1, 0.15) is 17.2 Å². The summed E-state index contributed by atoms with van der Waals surface area (Å²) in [6, 6.07) is 14.8. The van der Waals surface area contributed by atoms with Crippen LogP contribution in [-0.4, -0.2) is 21.9 Å². The monoisotopic (exact) mass is 450 g/mol. The lowest BCUT2D eigenvalue weighted by atomic mass is 9.82. The highest BCUT2D eigenvalue weighted by molar-refractivity contribution is 5.97. The fraction of sp³-hybridized carbons (Fsp3) is 0.320. The Labute approximate surface area is 190 Å². The number of halogens is 1. The fourth-order valence-corrected chi connectivity index (χ4v) is 4.48. The highest BCUT2D eigenvalue weighted by atomic mass is 19.1. The maximum atomic E-state index is 13.7. The largest absolute Gasteiger partial charge is 0.375 e. The molecule has 0 unspecified atom stereocenters. The van der Waals surface area contributed by atoms with E-state index >= 15 is 0 Å². The van der Waals surface area contributed by atoms with Crippen LogP contribution in [0.3, 0.4) is 0 Å². The van der Waals surface area contributed by atoms with Crippen molar-refractivity contribution in [3.63, 3.8) is 0 Å². The zero-order chi connectivity index (χ0) is 23.4. The van der Waals surface area contributed by atoms with Crippen molar-refractivity contribution >= 4 is 11.6 Å². The minimum Gasteiger partial charge on any atom is -0.375 e. The summed E-state index contributed by atoms with van der Waals surface area (Å²) >= 11 is 0. The minimum absolute atomic E-state index is 0.0426. The molecule has 8 heteroatoms. The minimum atomic E-state index is -0.759. The molecule has 0 aliphatic heterocycles. The van der Waals surface area contributed by atoms with E-state index in [9.17, 15) is 18.8 Å². The van der Waals surface area contributed by atoms with Gasteiger partial charge in [-0.15, -0.1) is 0 Å². The molecule has 4 N–H and O–H groups in total. The lowest BCUT2D eigenvalue weighted by molar-refractivity contribution is 0.0921. The molecule has 2 aromatic carbocycles. The molecule has 3 aromatic rings. The smallest absolute Gasteiger partial charge is 0.326 e. The number of carbonyl (C=O) groups is 1. The molecule has 33 heavy (non-hydrogen) atoms. The van der Waals surface area contributed by atoms with Gasteiger partial charge in [0, 0.05) is 12.6 Å². The van der Waals surface area contributed by atoms with Crippen molar-refractivity contribution in [2.75, 3.05) is 5.32 Å². The molecule has 0 spiro atoms. The number of aromatic amines is 2. The van der Waals surface area contributed by atoms with Gasteiger partial charge < -0.3 is 15.6 Å². The fourth-order valence-electron chi connectivity index (χ4n) is 4.48. The molecule has 1 amide bonds. The summed E-state index contributed by atoms with van der Waals surface area (Å²) in [6.07, 6.45) is 3.52. The Hall–Kier alpha value is -3.68. The predicted molar refractivity (Wildman–Crippen MR) is 125 cm³/mol. The molecule has 0 bridgehead atoms. The summed E-state index contributed by atoms with van der Waals surface area (Å²) in [4.78, 5) is 41.8. The number of rotatable bonds is 6. The van der Waals surface area contributed by atoms with Gasteiger partial charge in [-0.1, -0.05) is 36.4 Å². The summed E-state index contributed by atoms with van der Waals surface area (Å²) < 4.78 is 13.7. The molecule has 1 heterocycles. The van der Waals surface area contributed by atoms with Crippen LogP contribution in [0.4, 0.5) is 10.1 Å². The van der Waals surface area contributed by atoms with E-state index in [1.165, 1.54) is 17.7 Å². The lowest BCUT2D eigenvalue weighted by Crippen LogP contribution is -2.40. The molecule has 0 atom stereocenters. The van der Waals surface area contributed by atoms with Crippen LogP contribution in [0.5, 0.6) is 0 Å². The Morgan fingerprint density at radius 2 is 1.76 bits per heavy atom. The number of amides is 1. The van der Waals surface area contributed by atoms with Crippen LogP contribution in [0.2, 0.25) is 0 Å². The molecule has 0 radical (unpaired) electrons. The van der Waals surface area contributed by atoms with Crippen LogP contribution >= 0.6 is 0 Å². The van der Waals surface area contributed by atoms with Gasteiger partial charge >= 0.3 is 5.69 Å². The molecule has 172 valence electrons. The molecule has 1 aliphatic carbocycles. The first-order chi connectivity index (χ1) is 15.9. The second-order valence-corrected chi connectivity index (χ2v) is 8.58. The zero-order valence-electron chi connectivity index (χ0n) is 18.4. The number of aryl methyl sites for hydroxylation is 1. The van der Waals surface area contributed by atoms with Crippen LogP contribution < -0.4 is 21.9 Å². The zero-order valence-corrected chi connectivity index (χ0v) is 18.4. The van der Waals surface area contributed by atoms with E-state index in [4.69, 9.17) is 0 Å². The third-order valence-corrected chi connectivity index (χ3v) is 6.07. The topological polar surface area (TPSA) is 107 Å². The van der Waals surface area contributed by atoms with Crippen molar-refractivity contribution in [1.82, 2.24) is 15.3 Å². The Bertz CT molecular complexity index is 1220. The van der Waals surface area contributed by atoms with Gasteiger partial charge in [-0.2, -0.15) is 0 Å². The van der Waals surface area contributed by atoms with Gasteiger partial charge in [0.2, 0.25) is 0 Å².